The Morgan fingerprint density at radius 1 is 1.47 bits per heavy atom. The van der Waals surface area contributed by atoms with Gasteiger partial charge in [-0.05, 0) is 43.7 Å². The van der Waals surface area contributed by atoms with Crippen LogP contribution < -0.4 is 10.6 Å². The SMILES string of the molecule is CSc1ccccc1CCNC(=O)C1CCCNC1. The van der Waals surface area contributed by atoms with Gasteiger partial charge in [0.15, 0.2) is 0 Å². The minimum Gasteiger partial charge on any atom is -0.355 e. The summed E-state index contributed by atoms with van der Waals surface area (Å²) < 4.78 is 0. The Bertz CT molecular complexity index is 416. The molecule has 0 aliphatic carbocycles. The van der Waals surface area contributed by atoms with Gasteiger partial charge in [0, 0.05) is 18.0 Å². The molecule has 104 valence electrons. The number of rotatable bonds is 5. The van der Waals surface area contributed by atoms with Crippen molar-refractivity contribution in [3.05, 3.63) is 29.8 Å². The van der Waals surface area contributed by atoms with Crippen LogP contribution in [-0.4, -0.2) is 31.8 Å². The van der Waals surface area contributed by atoms with E-state index in [0.717, 1.165) is 38.9 Å². The molecule has 19 heavy (non-hydrogen) atoms. The Morgan fingerprint density at radius 3 is 3.05 bits per heavy atom. The highest BCUT2D eigenvalue weighted by Crippen LogP contribution is 2.19. The summed E-state index contributed by atoms with van der Waals surface area (Å²) in [5, 5.41) is 6.34. The first-order valence-corrected chi connectivity index (χ1v) is 8.14. The first kappa shape index (κ1) is 14.4. The number of carbonyl (C=O) groups is 1. The lowest BCUT2D eigenvalue weighted by Gasteiger charge is -2.21. The lowest BCUT2D eigenvalue weighted by Crippen LogP contribution is -2.41. The van der Waals surface area contributed by atoms with Crippen molar-refractivity contribution in [2.75, 3.05) is 25.9 Å². The maximum absolute atomic E-state index is 12.0. The van der Waals surface area contributed by atoms with Gasteiger partial charge in [-0.1, -0.05) is 18.2 Å². The fraction of sp³-hybridized carbons (Fsp3) is 0.533. The zero-order valence-corrected chi connectivity index (χ0v) is 12.3. The van der Waals surface area contributed by atoms with Gasteiger partial charge in [0.05, 0.1) is 5.92 Å². The van der Waals surface area contributed by atoms with Gasteiger partial charge < -0.3 is 10.6 Å². The fourth-order valence-electron chi connectivity index (χ4n) is 2.45. The van der Waals surface area contributed by atoms with Crippen molar-refractivity contribution in [3.63, 3.8) is 0 Å². The summed E-state index contributed by atoms with van der Waals surface area (Å²) in [5.41, 5.74) is 1.32. The molecule has 1 atom stereocenters. The van der Waals surface area contributed by atoms with E-state index in [2.05, 4.69) is 41.2 Å². The van der Waals surface area contributed by atoms with Crippen LogP contribution in [0.25, 0.3) is 0 Å². The molecule has 3 nitrogen and oxygen atoms in total. The number of hydrogen-bond donors (Lipinski definition) is 2. The molecule has 0 saturated carbocycles. The van der Waals surface area contributed by atoms with Crippen LogP contribution in [0, 0.1) is 5.92 Å². The van der Waals surface area contributed by atoms with E-state index in [1.807, 2.05) is 0 Å². The average molecular weight is 278 g/mol. The predicted octanol–water partition coefficient (Wildman–Crippen LogP) is 2.07. The lowest BCUT2D eigenvalue weighted by molar-refractivity contribution is -0.125. The number of thioether (sulfide) groups is 1. The molecule has 0 radical (unpaired) electrons. The van der Waals surface area contributed by atoms with Crippen molar-refractivity contribution in [3.8, 4) is 0 Å². The summed E-state index contributed by atoms with van der Waals surface area (Å²) in [6.07, 6.45) is 5.11. The van der Waals surface area contributed by atoms with Crippen LogP contribution in [0.1, 0.15) is 18.4 Å². The zero-order valence-electron chi connectivity index (χ0n) is 11.4. The van der Waals surface area contributed by atoms with Gasteiger partial charge in [-0.2, -0.15) is 0 Å². The Morgan fingerprint density at radius 2 is 2.32 bits per heavy atom. The van der Waals surface area contributed by atoms with Gasteiger partial charge in [0.25, 0.3) is 0 Å². The van der Waals surface area contributed by atoms with E-state index in [1.54, 1.807) is 11.8 Å². The van der Waals surface area contributed by atoms with Gasteiger partial charge in [0.2, 0.25) is 5.91 Å². The molecule has 1 aliphatic heterocycles. The highest BCUT2D eigenvalue weighted by molar-refractivity contribution is 7.98. The largest absolute Gasteiger partial charge is 0.355 e. The molecule has 1 amide bonds. The van der Waals surface area contributed by atoms with Gasteiger partial charge in [-0.25, -0.2) is 0 Å². The molecule has 0 spiro atoms. The zero-order chi connectivity index (χ0) is 13.5. The lowest BCUT2D eigenvalue weighted by atomic mass is 9.99. The van der Waals surface area contributed by atoms with Crippen molar-refractivity contribution in [1.82, 2.24) is 10.6 Å². The highest BCUT2D eigenvalue weighted by Gasteiger charge is 2.20. The molecule has 1 aliphatic rings. The smallest absolute Gasteiger partial charge is 0.224 e. The van der Waals surface area contributed by atoms with E-state index < -0.39 is 0 Å². The third kappa shape index (κ3) is 4.25. The van der Waals surface area contributed by atoms with E-state index in [9.17, 15) is 4.79 Å². The van der Waals surface area contributed by atoms with Crippen LogP contribution in [0.5, 0.6) is 0 Å². The molecule has 1 fully saturated rings. The predicted molar refractivity (Wildman–Crippen MR) is 80.5 cm³/mol. The van der Waals surface area contributed by atoms with Crippen molar-refractivity contribution < 1.29 is 4.79 Å². The number of piperidine rings is 1. The second kappa shape index (κ2) is 7.56. The molecule has 4 heteroatoms. The van der Waals surface area contributed by atoms with Gasteiger partial charge in [-0.3, -0.25) is 4.79 Å². The molecule has 1 aromatic carbocycles. The molecule has 0 bridgehead atoms. The van der Waals surface area contributed by atoms with E-state index >= 15 is 0 Å². The Labute approximate surface area is 119 Å². The van der Waals surface area contributed by atoms with E-state index in [4.69, 9.17) is 0 Å². The molecule has 1 aromatic rings. The molecule has 2 rings (SSSR count). The van der Waals surface area contributed by atoms with Gasteiger partial charge >= 0.3 is 0 Å². The topological polar surface area (TPSA) is 41.1 Å². The second-order valence-corrected chi connectivity index (χ2v) is 5.74. The highest BCUT2D eigenvalue weighted by atomic mass is 32.2. The number of nitrogens with one attached hydrogen (secondary N) is 2. The first-order valence-electron chi connectivity index (χ1n) is 6.91. The summed E-state index contributed by atoms with van der Waals surface area (Å²) >= 11 is 1.76. The van der Waals surface area contributed by atoms with E-state index in [1.165, 1.54) is 10.5 Å². The number of benzene rings is 1. The molecular formula is C15H22N2OS. The summed E-state index contributed by atoms with van der Waals surface area (Å²) in [6.45, 7) is 2.60. The maximum atomic E-state index is 12.0. The van der Waals surface area contributed by atoms with Gasteiger partial charge in [0.1, 0.15) is 0 Å². The molecule has 0 aromatic heterocycles. The van der Waals surface area contributed by atoms with Crippen molar-refractivity contribution in [2.24, 2.45) is 5.92 Å². The minimum atomic E-state index is 0.157. The first-order chi connectivity index (χ1) is 9.31. The number of carbonyl (C=O) groups excluding carboxylic acids is 1. The summed E-state index contributed by atoms with van der Waals surface area (Å²) in [7, 11) is 0. The Hall–Kier alpha value is -1.00. The molecule has 1 unspecified atom stereocenters. The fourth-order valence-corrected chi connectivity index (χ4v) is 3.10. The van der Waals surface area contributed by atoms with Gasteiger partial charge in [-0.15, -0.1) is 11.8 Å². The van der Waals surface area contributed by atoms with Crippen molar-refractivity contribution in [1.29, 1.82) is 0 Å². The number of amides is 1. The van der Waals surface area contributed by atoms with E-state index in [-0.39, 0.29) is 11.8 Å². The van der Waals surface area contributed by atoms with Crippen LogP contribution in [0.15, 0.2) is 29.2 Å². The standard InChI is InChI=1S/C15H22N2OS/c1-19-14-7-3-2-5-12(14)8-10-17-15(18)13-6-4-9-16-11-13/h2-3,5,7,13,16H,4,6,8-11H2,1H3,(H,17,18). The quantitative estimate of drug-likeness (QED) is 0.810. The molecule has 2 N–H and O–H groups in total. The Kier molecular flexibility index (Phi) is 5.73. The molecule has 1 saturated heterocycles. The monoisotopic (exact) mass is 278 g/mol. The summed E-state index contributed by atoms with van der Waals surface area (Å²) in [6, 6.07) is 8.39. The van der Waals surface area contributed by atoms with Crippen molar-refractivity contribution >= 4 is 17.7 Å². The Balaban J connectivity index is 1.78. The van der Waals surface area contributed by atoms with Crippen LogP contribution in [0.2, 0.25) is 0 Å². The normalized spacial score (nSPS) is 19.1. The minimum absolute atomic E-state index is 0.157. The summed E-state index contributed by atoms with van der Waals surface area (Å²) in [5.74, 6) is 0.360. The summed E-state index contributed by atoms with van der Waals surface area (Å²) in [4.78, 5) is 13.3. The van der Waals surface area contributed by atoms with Crippen molar-refractivity contribution in [2.45, 2.75) is 24.2 Å². The van der Waals surface area contributed by atoms with Crippen LogP contribution in [0.4, 0.5) is 0 Å². The molecule has 1 heterocycles. The van der Waals surface area contributed by atoms with Crippen LogP contribution >= 0.6 is 11.8 Å². The third-order valence-corrected chi connectivity index (χ3v) is 4.39. The molecular weight excluding hydrogens is 256 g/mol. The van der Waals surface area contributed by atoms with Crippen LogP contribution in [-0.2, 0) is 11.2 Å². The van der Waals surface area contributed by atoms with Crippen LogP contribution in [0.3, 0.4) is 0 Å². The number of hydrogen-bond acceptors (Lipinski definition) is 3. The second-order valence-electron chi connectivity index (χ2n) is 4.90. The maximum Gasteiger partial charge on any atom is 0.224 e. The van der Waals surface area contributed by atoms with E-state index in [0.29, 0.717) is 0 Å². The average Bonchev–Trinajstić information content (AvgIpc) is 2.48. The third-order valence-electron chi connectivity index (χ3n) is 3.55.